The van der Waals surface area contributed by atoms with Crippen LogP contribution >= 0.6 is 0 Å². The molecule has 3 aromatic rings. The zero-order valence-electron chi connectivity index (χ0n) is 17.5. The first-order chi connectivity index (χ1) is 14.9. The molecule has 3 rings (SSSR count). The van der Waals surface area contributed by atoms with Crippen LogP contribution in [0.5, 0.6) is 5.75 Å². The molecule has 31 heavy (non-hydrogen) atoms. The third-order valence-corrected chi connectivity index (χ3v) is 5.04. The van der Waals surface area contributed by atoms with Gasteiger partial charge in [-0.1, -0.05) is 43.7 Å². The monoisotopic (exact) mass is 423 g/mol. The Morgan fingerprint density at radius 1 is 1.16 bits per heavy atom. The Kier molecular flexibility index (Phi) is 7.07. The molecule has 0 radical (unpaired) electrons. The summed E-state index contributed by atoms with van der Waals surface area (Å²) >= 11 is 0. The van der Waals surface area contributed by atoms with Crippen LogP contribution in [-0.2, 0) is 16.0 Å². The fraction of sp³-hybridized carbons (Fsp3) is 0.292. The number of aryl methyl sites for hydroxylation is 2. The molecule has 0 aliphatic rings. The van der Waals surface area contributed by atoms with Crippen molar-refractivity contribution in [2.24, 2.45) is 0 Å². The van der Waals surface area contributed by atoms with E-state index in [-0.39, 0.29) is 6.61 Å². The summed E-state index contributed by atoms with van der Waals surface area (Å²) in [6.45, 7) is 3.47. The maximum Gasteiger partial charge on any atom is 0.336 e. The quantitative estimate of drug-likeness (QED) is 0.508. The van der Waals surface area contributed by atoms with Crippen LogP contribution in [0.1, 0.15) is 42.5 Å². The molecule has 1 atom stereocenters. The molecule has 0 unspecified atom stereocenters. The predicted octanol–water partition coefficient (Wildman–Crippen LogP) is 3.76. The van der Waals surface area contributed by atoms with Crippen LogP contribution < -0.4 is 15.7 Å². The number of ether oxygens (including phenoxy) is 1. The zero-order chi connectivity index (χ0) is 22.4. The van der Waals surface area contributed by atoms with E-state index < -0.39 is 23.5 Å². The zero-order valence-corrected chi connectivity index (χ0v) is 17.5. The van der Waals surface area contributed by atoms with Crippen LogP contribution in [0.4, 0.5) is 0 Å². The van der Waals surface area contributed by atoms with Gasteiger partial charge >= 0.3 is 11.6 Å². The fourth-order valence-corrected chi connectivity index (χ4v) is 3.42. The molecule has 7 heteroatoms. The average molecular weight is 423 g/mol. The minimum absolute atomic E-state index is 0.372. The van der Waals surface area contributed by atoms with Crippen molar-refractivity contribution in [2.75, 3.05) is 6.61 Å². The van der Waals surface area contributed by atoms with Crippen molar-refractivity contribution in [3.63, 3.8) is 0 Å². The second-order valence-corrected chi connectivity index (χ2v) is 7.30. The van der Waals surface area contributed by atoms with Crippen molar-refractivity contribution < 1.29 is 23.8 Å². The first-order valence-electron chi connectivity index (χ1n) is 10.2. The highest BCUT2D eigenvalue weighted by molar-refractivity contribution is 5.86. The van der Waals surface area contributed by atoms with Gasteiger partial charge in [-0.05, 0) is 43.0 Å². The topological polar surface area (TPSA) is 106 Å². The molecule has 1 amide bonds. The molecule has 1 aromatic heterocycles. The third-order valence-electron chi connectivity index (χ3n) is 5.04. The minimum Gasteiger partial charge on any atom is -0.483 e. The lowest BCUT2D eigenvalue weighted by atomic mass is 10.0. The summed E-state index contributed by atoms with van der Waals surface area (Å²) in [6.07, 6.45) is 2.75. The number of rotatable bonds is 9. The second-order valence-electron chi connectivity index (χ2n) is 7.30. The van der Waals surface area contributed by atoms with Gasteiger partial charge < -0.3 is 19.6 Å². The summed E-state index contributed by atoms with van der Waals surface area (Å²) in [5, 5.41) is 12.7. The summed E-state index contributed by atoms with van der Waals surface area (Å²) in [4.78, 5) is 35.9. The summed E-state index contributed by atoms with van der Waals surface area (Å²) < 4.78 is 11.0. The van der Waals surface area contributed by atoms with Gasteiger partial charge in [0.05, 0.1) is 0 Å². The van der Waals surface area contributed by atoms with Gasteiger partial charge in [-0.15, -0.1) is 0 Å². The number of fused-ring (bicyclic) bond motifs is 1. The Morgan fingerprint density at radius 2 is 1.90 bits per heavy atom. The van der Waals surface area contributed by atoms with Crippen LogP contribution in [-0.4, -0.2) is 23.6 Å². The lowest BCUT2D eigenvalue weighted by molar-refractivity contribution is -0.142. The highest BCUT2D eigenvalue weighted by atomic mass is 16.5. The fourth-order valence-electron chi connectivity index (χ4n) is 3.42. The molecular weight excluding hydrogens is 398 g/mol. The van der Waals surface area contributed by atoms with E-state index in [1.54, 1.807) is 43.3 Å². The molecule has 1 heterocycles. The molecule has 0 bridgehead atoms. The molecule has 0 fully saturated rings. The van der Waals surface area contributed by atoms with Crippen molar-refractivity contribution in [2.45, 2.75) is 39.2 Å². The van der Waals surface area contributed by atoms with Crippen molar-refractivity contribution in [1.82, 2.24) is 5.32 Å². The minimum atomic E-state index is -1.17. The van der Waals surface area contributed by atoms with E-state index in [4.69, 9.17) is 9.15 Å². The number of nitrogens with one attached hydrogen (secondary N) is 1. The number of benzene rings is 2. The Morgan fingerprint density at radius 3 is 2.58 bits per heavy atom. The Labute approximate surface area is 179 Å². The summed E-state index contributed by atoms with van der Waals surface area (Å²) in [7, 11) is 0. The van der Waals surface area contributed by atoms with E-state index in [2.05, 4.69) is 12.2 Å². The molecule has 0 aliphatic carbocycles. The third kappa shape index (κ3) is 5.31. The Hall–Kier alpha value is -3.61. The summed E-state index contributed by atoms with van der Waals surface area (Å²) in [5.41, 5.74) is 2.01. The molecule has 0 saturated heterocycles. The molecule has 2 aromatic carbocycles. The van der Waals surface area contributed by atoms with Crippen LogP contribution in [0.25, 0.3) is 11.0 Å². The van der Waals surface area contributed by atoms with Crippen LogP contribution in [0.3, 0.4) is 0 Å². The van der Waals surface area contributed by atoms with E-state index in [1.165, 1.54) is 6.07 Å². The van der Waals surface area contributed by atoms with Gasteiger partial charge in [-0.25, -0.2) is 9.59 Å². The van der Waals surface area contributed by atoms with E-state index in [0.717, 1.165) is 30.2 Å². The average Bonchev–Trinajstić information content (AvgIpc) is 2.76. The Bertz CT molecular complexity index is 1140. The SMILES string of the molecule is CCCCc1cc(=O)oc2c(C)c(OCC(=O)N[C@@H](C(=O)O)c3ccccc3)ccc12. The van der Waals surface area contributed by atoms with Gasteiger partial charge in [0.2, 0.25) is 0 Å². The van der Waals surface area contributed by atoms with Crippen LogP contribution in [0.2, 0.25) is 0 Å². The number of amides is 1. The first kappa shape index (κ1) is 22.1. The number of carbonyl (C=O) groups excluding carboxylic acids is 1. The number of hydrogen-bond acceptors (Lipinski definition) is 5. The number of carboxylic acid groups (broad SMARTS) is 1. The van der Waals surface area contributed by atoms with Crippen molar-refractivity contribution in [3.05, 3.63) is 75.6 Å². The van der Waals surface area contributed by atoms with Crippen molar-refractivity contribution >= 4 is 22.8 Å². The summed E-state index contributed by atoms with van der Waals surface area (Å²) in [6, 6.07) is 12.3. The molecule has 2 N–H and O–H groups in total. The lowest BCUT2D eigenvalue weighted by Gasteiger charge is -2.16. The van der Waals surface area contributed by atoms with Crippen molar-refractivity contribution in [3.8, 4) is 5.75 Å². The number of hydrogen-bond donors (Lipinski definition) is 2. The van der Waals surface area contributed by atoms with Crippen LogP contribution in [0.15, 0.2) is 57.7 Å². The number of carboxylic acids is 1. The van der Waals surface area contributed by atoms with Gasteiger partial charge in [0.15, 0.2) is 12.6 Å². The number of aliphatic carboxylic acids is 1. The molecule has 0 spiro atoms. The van der Waals surface area contributed by atoms with E-state index in [1.807, 2.05) is 6.07 Å². The highest BCUT2D eigenvalue weighted by Crippen LogP contribution is 2.29. The van der Waals surface area contributed by atoms with Crippen molar-refractivity contribution in [1.29, 1.82) is 0 Å². The number of carbonyl (C=O) groups is 2. The van der Waals surface area contributed by atoms with Gasteiger partial charge in [-0.2, -0.15) is 0 Å². The van der Waals surface area contributed by atoms with Gasteiger partial charge in [0, 0.05) is 17.0 Å². The second kappa shape index (κ2) is 9.93. The maximum atomic E-state index is 12.3. The largest absolute Gasteiger partial charge is 0.483 e. The first-order valence-corrected chi connectivity index (χ1v) is 10.2. The molecule has 0 aliphatic heterocycles. The number of unbranched alkanes of at least 4 members (excludes halogenated alkanes) is 1. The molecule has 162 valence electrons. The maximum absolute atomic E-state index is 12.3. The lowest BCUT2D eigenvalue weighted by Crippen LogP contribution is -2.36. The van der Waals surface area contributed by atoms with Crippen LogP contribution in [0, 0.1) is 6.92 Å². The standard InChI is InChI=1S/C24H25NO6/c1-3-4-8-17-13-21(27)31-23-15(2)19(12-11-18(17)23)30-14-20(26)25-22(24(28)29)16-9-6-5-7-10-16/h5-7,9-13,22H,3-4,8,14H2,1-2H3,(H,25,26)(H,28,29)/t22-/m1/s1. The summed E-state index contributed by atoms with van der Waals surface area (Å²) in [5.74, 6) is -1.35. The Balaban J connectivity index is 1.76. The smallest absolute Gasteiger partial charge is 0.336 e. The molecular formula is C24H25NO6. The van der Waals surface area contributed by atoms with E-state index in [9.17, 15) is 19.5 Å². The van der Waals surface area contributed by atoms with Gasteiger partial charge in [-0.3, -0.25) is 4.79 Å². The predicted molar refractivity (Wildman–Crippen MR) is 116 cm³/mol. The normalized spacial score (nSPS) is 11.8. The van der Waals surface area contributed by atoms with Gasteiger partial charge in [0.25, 0.3) is 5.91 Å². The molecule has 7 nitrogen and oxygen atoms in total. The highest BCUT2D eigenvalue weighted by Gasteiger charge is 2.22. The van der Waals surface area contributed by atoms with Gasteiger partial charge in [0.1, 0.15) is 11.3 Å². The molecule has 0 saturated carbocycles. The van der Waals surface area contributed by atoms with E-state index >= 15 is 0 Å². The van der Waals surface area contributed by atoms with E-state index in [0.29, 0.717) is 22.5 Å².